The number of benzene rings is 2. The molecule has 0 aliphatic carbocycles. The third-order valence-electron chi connectivity index (χ3n) is 3.74. The summed E-state index contributed by atoms with van der Waals surface area (Å²) in [7, 11) is 0. The van der Waals surface area contributed by atoms with E-state index in [0.717, 1.165) is 23.3 Å². The Morgan fingerprint density at radius 2 is 1.95 bits per heavy atom. The van der Waals surface area contributed by atoms with E-state index in [9.17, 15) is 0 Å². The van der Waals surface area contributed by atoms with Crippen LogP contribution in [0.15, 0.2) is 48.5 Å². The van der Waals surface area contributed by atoms with Gasteiger partial charge in [-0.3, -0.25) is 0 Å². The Kier molecular flexibility index (Phi) is 3.52. The van der Waals surface area contributed by atoms with Crippen LogP contribution in [0.3, 0.4) is 0 Å². The summed E-state index contributed by atoms with van der Waals surface area (Å²) in [6.45, 7) is 2.70. The van der Waals surface area contributed by atoms with Crippen molar-refractivity contribution in [3.63, 3.8) is 0 Å². The smallest absolute Gasteiger partial charge is 0.116 e. The lowest BCUT2D eigenvalue weighted by Crippen LogP contribution is -2.15. The summed E-state index contributed by atoms with van der Waals surface area (Å²) >= 11 is 0. The molecule has 3 nitrogen and oxygen atoms in total. The highest BCUT2D eigenvalue weighted by molar-refractivity contribution is 5.76. The van der Waals surface area contributed by atoms with Crippen LogP contribution < -0.4 is 5.73 Å². The Labute approximate surface area is 118 Å². The van der Waals surface area contributed by atoms with Gasteiger partial charge in [0.15, 0.2) is 0 Å². The lowest BCUT2D eigenvalue weighted by molar-refractivity contribution is 0.769. The summed E-state index contributed by atoms with van der Waals surface area (Å²) < 4.78 is 0. The molecule has 3 aromatic rings. The van der Waals surface area contributed by atoms with Crippen molar-refractivity contribution in [1.82, 2.24) is 9.97 Å². The minimum atomic E-state index is 0.119. The largest absolute Gasteiger partial charge is 0.341 e. The number of hydrogen-bond donors (Lipinski definition) is 2. The molecule has 0 bridgehead atoms. The van der Waals surface area contributed by atoms with Gasteiger partial charge < -0.3 is 10.7 Å². The molecule has 3 N–H and O–H groups in total. The van der Waals surface area contributed by atoms with Gasteiger partial charge in [-0.05, 0) is 29.7 Å². The van der Waals surface area contributed by atoms with Crippen molar-refractivity contribution in [1.29, 1.82) is 0 Å². The molecule has 0 fully saturated rings. The fraction of sp³-hybridized carbons (Fsp3) is 0.235. The summed E-state index contributed by atoms with van der Waals surface area (Å²) in [6, 6.07) is 16.7. The van der Waals surface area contributed by atoms with Gasteiger partial charge in [-0.15, -0.1) is 0 Å². The van der Waals surface area contributed by atoms with E-state index in [-0.39, 0.29) is 5.92 Å². The van der Waals surface area contributed by atoms with Gasteiger partial charge in [0.1, 0.15) is 5.82 Å². The van der Waals surface area contributed by atoms with Crippen molar-refractivity contribution >= 4 is 11.0 Å². The van der Waals surface area contributed by atoms with Crippen LogP contribution in [0.5, 0.6) is 0 Å². The quantitative estimate of drug-likeness (QED) is 0.761. The van der Waals surface area contributed by atoms with Crippen LogP contribution in [0.1, 0.15) is 29.8 Å². The van der Waals surface area contributed by atoms with E-state index in [2.05, 4.69) is 42.2 Å². The topological polar surface area (TPSA) is 54.7 Å². The van der Waals surface area contributed by atoms with Crippen LogP contribution in [-0.4, -0.2) is 16.5 Å². The fourth-order valence-corrected chi connectivity index (χ4v) is 2.55. The average Bonchev–Trinajstić information content (AvgIpc) is 2.91. The van der Waals surface area contributed by atoms with Crippen molar-refractivity contribution < 1.29 is 0 Å². The molecule has 20 heavy (non-hydrogen) atoms. The number of aromatic nitrogens is 2. The second kappa shape index (κ2) is 5.47. The molecule has 1 heterocycles. The normalized spacial score (nSPS) is 12.7. The van der Waals surface area contributed by atoms with E-state index in [4.69, 9.17) is 10.7 Å². The molecule has 1 atom stereocenters. The molecule has 2 aromatic carbocycles. The van der Waals surface area contributed by atoms with E-state index in [1.807, 2.05) is 18.2 Å². The van der Waals surface area contributed by atoms with E-state index in [1.54, 1.807) is 0 Å². The predicted octanol–water partition coefficient (Wildman–Crippen LogP) is 3.22. The van der Waals surface area contributed by atoms with Crippen molar-refractivity contribution in [2.75, 3.05) is 6.54 Å². The van der Waals surface area contributed by atoms with Crippen LogP contribution in [0.25, 0.3) is 11.0 Å². The highest BCUT2D eigenvalue weighted by atomic mass is 14.9. The SMILES string of the molecule is CCc1ccc2nc(C(CN)c3ccccc3)[nH]c2c1. The number of hydrogen-bond acceptors (Lipinski definition) is 2. The molecular formula is C17H19N3. The van der Waals surface area contributed by atoms with Gasteiger partial charge in [0, 0.05) is 6.54 Å². The second-order valence-corrected chi connectivity index (χ2v) is 5.03. The monoisotopic (exact) mass is 265 g/mol. The summed E-state index contributed by atoms with van der Waals surface area (Å²) in [5.41, 5.74) is 10.6. The number of rotatable bonds is 4. The van der Waals surface area contributed by atoms with Crippen molar-refractivity contribution in [3.05, 3.63) is 65.5 Å². The average molecular weight is 265 g/mol. The third kappa shape index (κ3) is 2.32. The first-order valence-electron chi connectivity index (χ1n) is 7.05. The number of nitrogens with one attached hydrogen (secondary N) is 1. The number of nitrogens with two attached hydrogens (primary N) is 1. The van der Waals surface area contributed by atoms with Crippen LogP contribution in [0.2, 0.25) is 0 Å². The zero-order chi connectivity index (χ0) is 13.9. The molecule has 0 aliphatic rings. The van der Waals surface area contributed by atoms with Crippen LogP contribution in [0, 0.1) is 0 Å². The molecule has 3 heteroatoms. The lowest BCUT2D eigenvalue weighted by atomic mass is 9.99. The molecule has 0 spiro atoms. The van der Waals surface area contributed by atoms with Gasteiger partial charge in [0.05, 0.1) is 17.0 Å². The Hall–Kier alpha value is -2.13. The Morgan fingerprint density at radius 3 is 2.65 bits per heavy atom. The predicted molar refractivity (Wildman–Crippen MR) is 82.8 cm³/mol. The van der Waals surface area contributed by atoms with E-state index < -0.39 is 0 Å². The first-order valence-corrected chi connectivity index (χ1v) is 7.05. The molecule has 1 aromatic heterocycles. The van der Waals surface area contributed by atoms with Crippen LogP contribution in [0.4, 0.5) is 0 Å². The molecule has 0 saturated carbocycles. The Morgan fingerprint density at radius 1 is 1.15 bits per heavy atom. The van der Waals surface area contributed by atoms with Crippen LogP contribution in [-0.2, 0) is 6.42 Å². The number of H-pyrrole nitrogens is 1. The van der Waals surface area contributed by atoms with Crippen LogP contribution >= 0.6 is 0 Å². The van der Waals surface area contributed by atoms with Gasteiger partial charge in [0.25, 0.3) is 0 Å². The maximum atomic E-state index is 5.95. The van der Waals surface area contributed by atoms with Crippen molar-refractivity contribution in [2.24, 2.45) is 5.73 Å². The molecule has 0 saturated heterocycles. The lowest BCUT2D eigenvalue weighted by Gasteiger charge is -2.11. The summed E-state index contributed by atoms with van der Waals surface area (Å²) in [5.74, 6) is 1.07. The maximum absolute atomic E-state index is 5.95. The second-order valence-electron chi connectivity index (χ2n) is 5.03. The number of aryl methyl sites for hydroxylation is 1. The molecule has 3 rings (SSSR count). The summed E-state index contributed by atoms with van der Waals surface area (Å²) in [6.07, 6.45) is 1.03. The summed E-state index contributed by atoms with van der Waals surface area (Å²) in [4.78, 5) is 8.13. The van der Waals surface area contributed by atoms with E-state index in [1.165, 1.54) is 11.1 Å². The minimum Gasteiger partial charge on any atom is -0.341 e. The molecule has 102 valence electrons. The molecular weight excluding hydrogens is 246 g/mol. The molecule has 0 radical (unpaired) electrons. The zero-order valence-electron chi connectivity index (χ0n) is 11.6. The standard InChI is InChI=1S/C17H19N3/c1-2-12-8-9-15-16(10-12)20-17(19-15)14(11-18)13-6-4-3-5-7-13/h3-10,14H,2,11,18H2,1H3,(H,19,20). The molecule has 0 aliphatic heterocycles. The number of aromatic amines is 1. The maximum Gasteiger partial charge on any atom is 0.116 e. The number of fused-ring (bicyclic) bond motifs is 1. The number of nitrogens with zero attached hydrogens (tertiary/aromatic N) is 1. The zero-order valence-corrected chi connectivity index (χ0v) is 11.6. The third-order valence-corrected chi connectivity index (χ3v) is 3.74. The summed E-state index contributed by atoms with van der Waals surface area (Å²) in [5, 5.41) is 0. The van der Waals surface area contributed by atoms with Gasteiger partial charge in [0.2, 0.25) is 0 Å². The Balaban J connectivity index is 2.04. The van der Waals surface area contributed by atoms with Gasteiger partial charge in [-0.1, -0.05) is 43.3 Å². The number of imidazole rings is 1. The van der Waals surface area contributed by atoms with Gasteiger partial charge in [-0.2, -0.15) is 0 Å². The first-order chi connectivity index (χ1) is 9.81. The minimum absolute atomic E-state index is 0.119. The first kappa shape index (κ1) is 12.9. The fourth-order valence-electron chi connectivity index (χ4n) is 2.55. The highest BCUT2D eigenvalue weighted by Gasteiger charge is 2.16. The van der Waals surface area contributed by atoms with Gasteiger partial charge >= 0.3 is 0 Å². The van der Waals surface area contributed by atoms with Crippen molar-refractivity contribution in [3.8, 4) is 0 Å². The molecule has 0 amide bonds. The van der Waals surface area contributed by atoms with Gasteiger partial charge in [-0.25, -0.2) is 4.98 Å². The molecule has 1 unspecified atom stereocenters. The van der Waals surface area contributed by atoms with Crippen molar-refractivity contribution in [2.45, 2.75) is 19.3 Å². The Bertz CT molecular complexity index is 701. The van der Waals surface area contributed by atoms with E-state index in [0.29, 0.717) is 6.54 Å². The highest BCUT2D eigenvalue weighted by Crippen LogP contribution is 2.24. The van der Waals surface area contributed by atoms with E-state index >= 15 is 0 Å².